The summed E-state index contributed by atoms with van der Waals surface area (Å²) in [6.07, 6.45) is 3.08. The van der Waals surface area contributed by atoms with E-state index < -0.39 is 11.0 Å². The Kier molecular flexibility index (Phi) is 5.89. The van der Waals surface area contributed by atoms with Crippen LogP contribution in [0, 0.1) is 10.1 Å². The molecule has 0 spiro atoms. The second kappa shape index (κ2) is 9.63. The Labute approximate surface area is 237 Å². The molecule has 0 N–H and O–H groups in total. The molecule has 3 aliphatic rings. The molecule has 10 nitrogen and oxygen atoms in total. The molecule has 206 valence electrons. The van der Waals surface area contributed by atoms with Crippen molar-refractivity contribution in [3.05, 3.63) is 112 Å². The first-order valence-electron chi connectivity index (χ1n) is 12.9. The van der Waals surface area contributed by atoms with E-state index in [9.17, 15) is 14.9 Å². The van der Waals surface area contributed by atoms with E-state index in [0.717, 1.165) is 35.2 Å². The molecule has 0 radical (unpaired) electrons. The van der Waals surface area contributed by atoms with Crippen LogP contribution in [0.15, 0.2) is 70.0 Å². The molecule has 1 aliphatic carbocycles. The van der Waals surface area contributed by atoms with Gasteiger partial charge in [-0.2, -0.15) is 0 Å². The van der Waals surface area contributed by atoms with Gasteiger partial charge in [0.25, 0.3) is 11.2 Å². The number of nitro groups is 1. The maximum Gasteiger partial charge on any atom is 0.280 e. The minimum Gasteiger partial charge on any atom is -0.493 e. The standard InChI is InChI=1S/C30H23N3O7S/c1-37-22-10-8-17(11-23(22)38-2)28-20-9-7-16-5-3-4-6-19(16)27(20)31-30-32(28)29(34)26(41-30)13-18-12-24-25(40-15-39-24)14-21(18)33(35)36/h3-6,8,10-14,28H,7,9,15H2,1-2H3/b26-13+. The summed E-state index contributed by atoms with van der Waals surface area (Å²) in [7, 11) is 3.15. The van der Waals surface area contributed by atoms with E-state index in [1.165, 1.54) is 35.1 Å². The number of rotatable bonds is 5. The smallest absolute Gasteiger partial charge is 0.280 e. The zero-order valence-corrected chi connectivity index (χ0v) is 22.9. The third-order valence-corrected chi connectivity index (χ3v) is 8.58. The molecule has 2 aliphatic heterocycles. The fourth-order valence-corrected chi connectivity index (χ4v) is 6.70. The van der Waals surface area contributed by atoms with E-state index in [0.29, 0.717) is 32.3 Å². The van der Waals surface area contributed by atoms with Crippen LogP contribution in [0.3, 0.4) is 0 Å². The van der Waals surface area contributed by atoms with Crippen molar-refractivity contribution in [1.29, 1.82) is 0 Å². The van der Waals surface area contributed by atoms with Crippen molar-refractivity contribution < 1.29 is 23.9 Å². The Balaban J connectivity index is 1.48. The topological polar surface area (TPSA) is 114 Å². The number of aromatic nitrogens is 1. The Morgan fingerprint density at radius 1 is 1.05 bits per heavy atom. The number of nitro benzene ring substituents is 1. The molecule has 0 amide bonds. The normalized spacial score (nSPS) is 16.9. The molecule has 0 fully saturated rings. The zero-order valence-electron chi connectivity index (χ0n) is 22.1. The van der Waals surface area contributed by atoms with Gasteiger partial charge in [0.15, 0.2) is 27.8 Å². The molecular formula is C30H23N3O7S. The molecule has 4 aromatic rings. The average molecular weight is 570 g/mol. The third-order valence-electron chi connectivity index (χ3n) is 7.60. The Hall–Kier alpha value is -4.90. The Morgan fingerprint density at radius 3 is 2.61 bits per heavy atom. The molecular weight excluding hydrogens is 546 g/mol. The number of aryl methyl sites for hydroxylation is 1. The van der Waals surface area contributed by atoms with Crippen molar-refractivity contribution in [1.82, 2.24) is 4.57 Å². The minimum atomic E-state index is -0.493. The molecule has 7 rings (SSSR count). The summed E-state index contributed by atoms with van der Waals surface area (Å²) in [4.78, 5) is 31.0. The van der Waals surface area contributed by atoms with E-state index in [-0.39, 0.29) is 23.6 Å². The molecule has 0 saturated carbocycles. The van der Waals surface area contributed by atoms with E-state index in [2.05, 4.69) is 12.1 Å². The largest absolute Gasteiger partial charge is 0.493 e. The second-order valence-corrected chi connectivity index (χ2v) is 10.8. The van der Waals surface area contributed by atoms with Crippen molar-refractivity contribution in [2.45, 2.75) is 18.9 Å². The maximum atomic E-state index is 14.1. The number of nitrogens with zero attached hydrogens (tertiary/aromatic N) is 3. The molecule has 41 heavy (non-hydrogen) atoms. The highest BCUT2D eigenvalue weighted by Crippen LogP contribution is 2.43. The number of ether oxygens (including phenoxy) is 4. The number of hydrogen-bond acceptors (Lipinski definition) is 9. The number of thiazole rings is 1. The van der Waals surface area contributed by atoms with Crippen LogP contribution in [-0.4, -0.2) is 30.5 Å². The van der Waals surface area contributed by atoms with E-state index in [1.54, 1.807) is 18.8 Å². The van der Waals surface area contributed by atoms with Crippen LogP contribution in [0.5, 0.6) is 23.0 Å². The Morgan fingerprint density at radius 2 is 1.83 bits per heavy atom. The van der Waals surface area contributed by atoms with Crippen molar-refractivity contribution in [3.8, 4) is 23.0 Å². The molecule has 0 saturated heterocycles. The fourth-order valence-electron chi connectivity index (χ4n) is 5.71. The molecule has 1 unspecified atom stereocenters. The molecule has 0 bridgehead atoms. The lowest BCUT2D eigenvalue weighted by atomic mass is 9.83. The first kappa shape index (κ1) is 25.1. The van der Waals surface area contributed by atoms with Gasteiger partial charge in [-0.25, -0.2) is 4.99 Å². The number of allylic oxidation sites excluding steroid dienone is 1. The summed E-state index contributed by atoms with van der Waals surface area (Å²) in [5.74, 6) is 1.83. The SMILES string of the molecule is COc1ccc(C2C3=C(N=c4s/c(=C/c5cc6c(cc5[N+](=O)[O-])OCO6)c(=O)n42)c2ccccc2CC3)cc1OC. The first-order chi connectivity index (χ1) is 20.0. The van der Waals surface area contributed by atoms with Gasteiger partial charge in [0.05, 0.1) is 47.0 Å². The summed E-state index contributed by atoms with van der Waals surface area (Å²) in [5.41, 5.74) is 4.78. The van der Waals surface area contributed by atoms with Gasteiger partial charge in [0, 0.05) is 5.56 Å². The van der Waals surface area contributed by atoms with Crippen LogP contribution < -0.4 is 33.8 Å². The van der Waals surface area contributed by atoms with Crippen LogP contribution >= 0.6 is 11.3 Å². The predicted molar refractivity (Wildman–Crippen MR) is 152 cm³/mol. The van der Waals surface area contributed by atoms with E-state index >= 15 is 0 Å². The van der Waals surface area contributed by atoms with Crippen molar-refractivity contribution in [2.75, 3.05) is 21.0 Å². The lowest BCUT2D eigenvalue weighted by molar-refractivity contribution is -0.385. The number of fused-ring (bicyclic) bond motifs is 4. The first-order valence-corrected chi connectivity index (χ1v) is 13.7. The number of hydrogen-bond donors (Lipinski definition) is 0. The van der Waals surface area contributed by atoms with Gasteiger partial charge in [-0.1, -0.05) is 41.7 Å². The summed E-state index contributed by atoms with van der Waals surface area (Å²) in [6, 6.07) is 16.2. The van der Waals surface area contributed by atoms with Crippen molar-refractivity contribution in [2.24, 2.45) is 4.99 Å². The van der Waals surface area contributed by atoms with Gasteiger partial charge in [-0.3, -0.25) is 19.5 Å². The third kappa shape index (κ3) is 4.00. The van der Waals surface area contributed by atoms with E-state index in [1.807, 2.05) is 30.3 Å². The van der Waals surface area contributed by atoms with Gasteiger partial charge in [0.1, 0.15) is 0 Å². The highest BCUT2D eigenvalue weighted by molar-refractivity contribution is 7.07. The van der Waals surface area contributed by atoms with Gasteiger partial charge in [0.2, 0.25) is 6.79 Å². The zero-order chi connectivity index (χ0) is 28.2. The number of benzene rings is 3. The van der Waals surface area contributed by atoms with Gasteiger partial charge >= 0.3 is 0 Å². The van der Waals surface area contributed by atoms with E-state index in [4.69, 9.17) is 23.9 Å². The molecule has 11 heteroatoms. The average Bonchev–Trinajstić information content (AvgIpc) is 3.58. The predicted octanol–water partition coefficient (Wildman–Crippen LogP) is 3.97. The van der Waals surface area contributed by atoms with Crippen LogP contribution in [0.1, 0.15) is 34.7 Å². The second-order valence-electron chi connectivity index (χ2n) is 9.75. The van der Waals surface area contributed by atoms with Crippen LogP contribution in [0.25, 0.3) is 11.8 Å². The van der Waals surface area contributed by atoms with Gasteiger partial charge in [-0.15, -0.1) is 0 Å². The molecule has 3 aromatic carbocycles. The highest BCUT2D eigenvalue weighted by atomic mass is 32.1. The maximum absolute atomic E-state index is 14.1. The van der Waals surface area contributed by atoms with Crippen molar-refractivity contribution >= 4 is 28.8 Å². The fraction of sp³-hybridized carbons (Fsp3) is 0.200. The molecule has 1 aromatic heterocycles. The minimum absolute atomic E-state index is 0.0174. The van der Waals surface area contributed by atoms with Crippen LogP contribution in [0.2, 0.25) is 0 Å². The lowest BCUT2D eigenvalue weighted by Gasteiger charge is -2.31. The highest BCUT2D eigenvalue weighted by Gasteiger charge is 2.33. The van der Waals surface area contributed by atoms with Crippen molar-refractivity contribution in [3.63, 3.8) is 0 Å². The molecule has 1 atom stereocenters. The summed E-state index contributed by atoms with van der Waals surface area (Å²) < 4.78 is 23.8. The van der Waals surface area contributed by atoms with Gasteiger partial charge < -0.3 is 18.9 Å². The quantitative estimate of drug-likeness (QED) is 0.264. The summed E-state index contributed by atoms with van der Waals surface area (Å²) in [6.45, 7) is -0.0174. The molecule has 3 heterocycles. The van der Waals surface area contributed by atoms with Gasteiger partial charge in [-0.05, 0) is 53.8 Å². The lowest BCUT2D eigenvalue weighted by Crippen LogP contribution is -2.38. The monoisotopic (exact) mass is 569 g/mol. The van der Waals surface area contributed by atoms with Crippen LogP contribution in [-0.2, 0) is 6.42 Å². The van der Waals surface area contributed by atoms with Crippen LogP contribution in [0.4, 0.5) is 5.69 Å². The number of methoxy groups -OCH3 is 2. The summed E-state index contributed by atoms with van der Waals surface area (Å²) in [5, 5.41) is 11.9. The summed E-state index contributed by atoms with van der Waals surface area (Å²) >= 11 is 1.20. The Bertz CT molecular complexity index is 1970.